The lowest BCUT2D eigenvalue weighted by molar-refractivity contribution is 0.0695. The number of hydrazine groups is 1. The van der Waals surface area contributed by atoms with Crippen LogP contribution in [0.25, 0.3) is 16.9 Å². The highest BCUT2D eigenvalue weighted by Gasteiger charge is 2.27. The van der Waals surface area contributed by atoms with Crippen molar-refractivity contribution < 1.29 is 19.4 Å². The Bertz CT molecular complexity index is 1200. The molecule has 1 aromatic heterocycles. The van der Waals surface area contributed by atoms with Crippen molar-refractivity contribution in [2.45, 2.75) is 26.2 Å². The molecule has 0 spiro atoms. The van der Waals surface area contributed by atoms with E-state index in [2.05, 4.69) is 10.5 Å². The Morgan fingerprint density at radius 1 is 1.12 bits per heavy atom. The van der Waals surface area contributed by atoms with Gasteiger partial charge in [-0.2, -0.15) is 5.10 Å². The van der Waals surface area contributed by atoms with Crippen molar-refractivity contribution in [1.82, 2.24) is 20.2 Å². The number of carbonyl (C=O) groups excluding carboxylic acids is 1. The van der Waals surface area contributed by atoms with E-state index in [4.69, 9.17) is 16.3 Å². The molecule has 33 heavy (non-hydrogen) atoms. The minimum atomic E-state index is -1.09. The normalized spacial score (nSPS) is 14.2. The second-order valence-corrected chi connectivity index (χ2v) is 8.33. The lowest BCUT2D eigenvalue weighted by Crippen LogP contribution is -2.45. The van der Waals surface area contributed by atoms with E-state index in [0.29, 0.717) is 33.3 Å². The van der Waals surface area contributed by atoms with Crippen LogP contribution in [0.3, 0.4) is 0 Å². The van der Waals surface area contributed by atoms with Gasteiger partial charge in [-0.25, -0.2) is 14.5 Å². The molecule has 172 valence electrons. The van der Waals surface area contributed by atoms with E-state index in [1.54, 1.807) is 43.3 Å². The number of piperidine rings is 1. The first-order valence-corrected chi connectivity index (χ1v) is 11.1. The summed E-state index contributed by atoms with van der Waals surface area (Å²) >= 11 is 6.16. The van der Waals surface area contributed by atoms with Crippen molar-refractivity contribution in [1.29, 1.82) is 0 Å². The summed E-state index contributed by atoms with van der Waals surface area (Å²) < 4.78 is 7.04. The minimum Gasteiger partial charge on any atom is -0.496 e. The number of nitrogens with one attached hydrogen (secondary N) is 1. The maximum atomic E-state index is 13.2. The van der Waals surface area contributed by atoms with E-state index in [-0.39, 0.29) is 17.2 Å². The number of carboxylic acid groups (broad SMARTS) is 1. The van der Waals surface area contributed by atoms with Crippen LogP contribution in [0.4, 0.5) is 0 Å². The molecule has 1 aliphatic rings. The molecule has 0 bridgehead atoms. The molecule has 0 unspecified atom stereocenters. The molecule has 0 radical (unpaired) electrons. The van der Waals surface area contributed by atoms with Crippen LogP contribution in [0.5, 0.6) is 5.75 Å². The smallest absolute Gasteiger partial charge is 0.337 e. The molecule has 1 aliphatic heterocycles. The molecule has 3 aromatic rings. The van der Waals surface area contributed by atoms with E-state index in [1.807, 2.05) is 5.01 Å². The lowest BCUT2D eigenvalue weighted by atomic mass is 10.0. The van der Waals surface area contributed by atoms with Crippen molar-refractivity contribution in [3.8, 4) is 22.7 Å². The zero-order valence-corrected chi connectivity index (χ0v) is 19.2. The molecular weight excluding hydrogens is 444 g/mol. The SMILES string of the molecule is COc1cc(Cl)ccc1-c1c(C)c(C(=O)NN2CCCCC2)nn1-c1ccccc1C(=O)O. The second-order valence-electron chi connectivity index (χ2n) is 7.89. The minimum absolute atomic E-state index is 0.0668. The van der Waals surface area contributed by atoms with Crippen LogP contribution in [-0.4, -0.2) is 52.0 Å². The Kier molecular flexibility index (Phi) is 6.67. The number of aromatic nitrogens is 2. The highest BCUT2D eigenvalue weighted by Crippen LogP contribution is 2.37. The predicted molar refractivity (Wildman–Crippen MR) is 125 cm³/mol. The quantitative estimate of drug-likeness (QED) is 0.558. The average molecular weight is 469 g/mol. The number of carbonyl (C=O) groups is 2. The maximum Gasteiger partial charge on any atom is 0.337 e. The van der Waals surface area contributed by atoms with Crippen LogP contribution in [0.1, 0.15) is 45.7 Å². The predicted octanol–water partition coefficient (Wildman–Crippen LogP) is 4.34. The van der Waals surface area contributed by atoms with Crippen molar-refractivity contribution in [2.24, 2.45) is 0 Å². The number of hydrogen-bond donors (Lipinski definition) is 2. The van der Waals surface area contributed by atoms with Crippen LogP contribution in [0, 0.1) is 6.92 Å². The molecule has 2 aromatic carbocycles. The summed E-state index contributed by atoms with van der Waals surface area (Å²) in [6.45, 7) is 3.36. The third-order valence-corrected chi connectivity index (χ3v) is 5.97. The van der Waals surface area contributed by atoms with E-state index in [1.165, 1.54) is 17.9 Å². The van der Waals surface area contributed by atoms with Crippen molar-refractivity contribution >= 4 is 23.5 Å². The van der Waals surface area contributed by atoms with Crippen molar-refractivity contribution in [3.05, 3.63) is 64.3 Å². The van der Waals surface area contributed by atoms with Gasteiger partial charge in [-0.15, -0.1) is 0 Å². The Balaban J connectivity index is 1.89. The molecule has 2 N–H and O–H groups in total. The number of carboxylic acids is 1. The summed E-state index contributed by atoms with van der Waals surface area (Å²) in [5, 5.41) is 16.7. The van der Waals surface area contributed by atoms with E-state index >= 15 is 0 Å². The standard InChI is InChI=1S/C24H25ClN4O4/c1-15-21(23(30)27-28-12-6-3-7-13-28)26-29(19-9-5-4-8-17(19)24(31)32)22(15)18-11-10-16(25)14-20(18)33-2/h4-5,8-11,14H,3,6-7,12-13H2,1-2H3,(H,27,30)(H,31,32). The Morgan fingerprint density at radius 3 is 2.55 bits per heavy atom. The van der Waals surface area contributed by atoms with Crippen LogP contribution in [-0.2, 0) is 0 Å². The first-order valence-electron chi connectivity index (χ1n) is 10.7. The summed E-state index contributed by atoms with van der Waals surface area (Å²) in [6, 6.07) is 11.7. The maximum absolute atomic E-state index is 13.2. The summed E-state index contributed by atoms with van der Waals surface area (Å²) in [7, 11) is 1.53. The van der Waals surface area contributed by atoms with Gasteiger partial charge in [0.2, 0.25) is 0 Å². The van der Waals surface area contributed by atoms with E-state index in [0.717, 1.165) is 32.4 Å². The molecular formula is C24H25ClN4O4. The number of nitrogens with zero attached hydrogens (tertiary/aromatic N) is 3. The topological polar surface area (TPSA) is 96.7 Å². The molecule has 0 atom stereocenters. The molecule has 9 heteroatoms. The van der Waals surface area contributed by atoms with Crippen LogP contribution < -0.4 is 10.2 Å². The van der Waals surface area contributed by atoms with Gasteiger partial charge in [-0.3, -0.25) is 10.2 Å². The number of amides is 1. The first-order chi connectivity index (χ1) is 15.9. The number of ether oxygens (including phenoxy) is 1. The molecule has 8 nitrogen and oxygen atoms in total. The van der Waals surface area contributed by atoms with Gasteiger partial charge in [-0.1, -0.05) is 30.2 Å². The number of aromatic carboxylic acids is 1. The second kappa shape index (κ2) is 9.64. The van der Waals surface area contributed by atoms with Crippen LogP contribution in [0.15, 0.2) is 42.5 Å². The summed E-state index contributed by atoms with van der Waals surface area (Å²) in [6.07, 6.45) is 3.19. The molecule has 1 saturated heterocycles. The zero-order chi connectivity index (χ0) is 23.5. The number of para-hydroxylation sites is 1. The van der Waals surface area contributed by atoms with E-state index in [9.17, 15) is 14.7 Å². The summed E-state index contributed by atoms with van der Waals surface area (Å²) in [4.78, 5) is 25.1. The zero-order valence-electron chi connectivity index (χ0n) is 18.5. The van der Waals surface area contributed by atoms with Crippen LogP contribution in [0.2, 0.25) is 5.02 Å². The van der Waals surface area contributed by atoms with Gasteiger partial charge in [0.25, 0.3) is 5.91 Å². The fourth-order valence-corrected chi connectivity index (χ4v) is 4.27. The van der Waals surface area contributed by atoms with Gasteiger partial charge in [0, 0.05) is 29.2 Å². The summed E-state index contributed by atoms with van der Waals surface area (Å²) in [5.41, 5.74) is 5.37. The third-order valence-electron chi connectivity index (χ3n) is 5.73. The Hall–Kier alpha value is -3.36. The van der Waals surface area contributed by atoms with E-state index < -0.39 is 5.97 Å². The molecule has 4 rings (SSSR count). The number of methoxy groups -OCH3 is 1. The molecule has 2 heterocycles. The monoisotopic (exact) mass is 468 g/mol. The molecule has 0 saturated carbocycles. The van der Waals surface area contributed by atoms with Gasteiger partial charge in [0.15, 0.2) is 5.69 Å². The fourth-order valence-electron chi connectivity index (χ4n) is 4.10. The third kappa shape index (κ3) is 4.58. The number of benzene rings is 2. The average Bonchev–Trinajstić information content (AvgIpc) is 3.16. The van der Waals surface area contributed by atoms with Gasteiger partial charge in [0.1, 0.15) is 5.75 Å². The fraction of sp³-hybridized carbons (Fsp3) is 0.292. The summed E-state index contributed by atoms with van der Waals surface area (Å²) in [5.74, 6) is -0.940. The lowest BCUT2D eigenvalue weighted by Gasteiger charge is -2.26. The molecule has 1 fully saturated rings. The van der Waals surface area contributed by atoms with Gasteiger partial charge in [0.05, 0.1) is 24.1 Å². The largest absolute Gasteiger partial charge is 0.496 e. The van der Waals surface area contributed by atoms with Crippen molar-refractivity contribution in [2.75, 3.05) is 20.2 Å². The molecule has 1 amide bonds. The Labute approximate surface area is 196 Å². The number of rotatable bonds is 6. The van der Waals surface area contributed by atoms with Crippen molar-refractivity contribution in [3.63, 3.8) is 0 Å². The number of halogens is 1. The Morgan fingerprint density at radius 2 is 1.85 bits per heavy atom. The van der Waals surface area contributed by atoms with Gasteiger partial charge in [-0.05, 0) is 50.1 Å². The first kappa shape index (κ1) is 22.8. The van der Waals surface area contributed by atoms with Crippen LogP contribution >= 0.6 is 11.6 Å². The highest BCUT2D eigenvalue weighted by atomic mass is 35.5. The van der Waals surface area contributed by atoms with Gasteiger partial charge < -0.3 is 9.84 Å². The molecule has 0 aliphatic carbocycles. The highest BCUT2D eigenvalue weighted by molar-refractivity contribution is 6.30. The number of hydrogen-bond acceptors (Lipinski definition) is 5. The van der Waals surface area contributed by atoms with Gasteiger partial charge >= 0.3 is 5.97 Å².